The van der Waals surface area contributed by atoms with E-state index in [9.17, 15) is 9.59 Å². The number of aromatic nitrogens is 3. The number of aromatic carboxylic acids is 1. The fourth-order valence-corrected chi connectivity index (χ4v) is 2.17. The van der Waals surface area contributed by atoms with E-state index < -0.39 is 5.97 Å². The highest BCUT2D eigenvalue weighted by Crippen LogP contribution is 2.15. The monoisotopic (exact) mass is 281 g/mol. The molecule has 0 amide bonds. The van der Waals surface area contributed by atoms with Crippen molar-refractivity contribution in [3.63, 3.8) is 0 Å². The quantitative estimate of drug-likeness (QED) is 0.760. The lowest BCUT2D eigenvalue weighted by Gasteiger charge is -2.05. The smallest absolute Gasteiger partial charge is 0.354 e. The predicted molar refractivity (Wildman–Crippen MR) is 76.4 cm³/mol. The zero-order valence-electron chi connectivity index (χ0n) is 10.9. The average Bonchev–Trinajstić information content (AvgIpc) is 2.51. The van der Waals surface area contributed by atoms with Crippen LogP contribution in [0.5, 0.6) is 0 Å². The molecule has 0 aliphatic rings. The van der Waals surface area contributed by atoms with Gasteiger partial charge in [-0.05, 0) is 18.2 Å². The zero-order valence-corrected chi connectivity index (χ0v) is 10.9. The second-order valence-corrected chi connectivity index (χ2v) is 4.54. The minimum Gasteiger partial charge on any atom is -0.477 e. The molecular formula is C15H11N3O3. The molecule has 3 rings (SSSR count). The van der Waals surface area contributed by atoms with Crippen molar-refractivity contribution in [1.82, 2.24) is 15.2 Å². The maximum atomic E-state index is 11.7. The highest BCUT2D eigenvalue weighted by molar-refractivity contribution is 5.85. The second-order valence-electron chi connectivity index (χ2n) is 4.54. The third kappa shape index (κ3) is 2.51. The number of nitrogens with zero attached hydrogens (tertiary/aromatic N) is 2. The lowest BCUT2D eigenvalue weighted by molar-refractivity contribution is 0.0690. The summed E-state index contributed by atoms with van der Waals surface area (Å²) in [6.07, 6.45) is 0.346. The Morgan fingerprint density at radius 3 is 2.62 bits per heavy atom. The first kappa shape index (κ1) is 13.0. The Morgan fingerprint density at radius 2 is 1.86 bits per heavy atom. The molecule has 6 nitrogen and oxygen atoms in total. The van der Waals surface area contributed by atoms with E-state index >= 15 is 0 Å². The number of aromatic amines is 1. The minimum absolute atomic E-state index is 0.0127. The fraction of sp³-hybridized carbons (Fsp3) is 0.0667. The molecule has 0 unspecified atom stereocenters. The third-order valence-corrected chi connectivity index (χ3v) is 3.15. The number of carboxylic acid groups (broad SMARTS) is 1. The fourth-order valence-electron chi connectivity index (χ4n) is 2.17. The van der Waals surface area contributed by atoms with Crippen LogP contribution in [0.1, 0.15) is 21.9 Å². The van der Waals surface area contributed by atoms with Crippen LogP contribution in [0.2, 0.25) is 0 Å². The van der Waals surface area contributed by atoms with Crippen LogP contribution in [0.3, 0.4) is 0 Å². The van der Waals surface area contributed by atoms with Crippen molar-refractivity contribution in [2.45, 2.75) is 6.42 Å². The first-order valence-electron chi connectivity index (χ1n) is 6.30. The van der Waals surface area contributed by atoms with E-state index in [2.05, 4.69) is 15.2 Å². The summed E-state index contributed by atoms with van der Waals surface area (Å²) in [7, 11) is 0. The molecule has 21 heavy (non-hydrogen) atoms. The van der Waals surface area contributed by atoms with Crippen LogP contribution in [0.4, 0.5) is 0 Å². The molecule has 0 saturated heterocycles. The van der Waals surface area contributed by atoms with Gasteiger partial charge < -0.3 is 5.11 Å². The molecule has 2 heterocycles. The Morgan fingerprint density at radius 1 is 1.10 bits per heavy atom. The van der Waals surface area contributed by atoms with Crippen LogP contribution < -0.4 is 5.56 Å². The Kier molecular flexibility index (Phi) is 3.19. The van der Waals surface area contributed by atoms with Crippen LogP contribution in [0.25, 0.3) is 10.8 Å². The summed E-state index contributed by atoms with van der Waals surface area (Å²) >= 11 is 0. The van der Waals surface area contributed by atoms with Gasteiger partial charge in [-0.25, -0.2) is 14.9 Å². The Hall–Kier alpha value is -3.02. The van der Waals surface area contributed by atoms with Crippen molar-refractivity contribution >= 4 is 16.7 Å². The van der Waals surface area contributed by atoms with Gasteiger partial charge in [-0.1, -0.05) is 24.3 Å². The molecular weight excluding hydrogens is 270 g/mol. The third-order valence-electron chi connectivity index (χ3n) is 3.15. The van der Waals surface area contributed by atoms with E-state index in [1.54, 1.807) is 24.3 Å². The van der Waals surface area contributed by atoms with E-state index in [-0.39, 0.29) is 11.3 Å². The van der Waals surface area contributed by atoms with Crippen LogP contribution in [0.15, 0.2) is 47.3 Å². The SMILES string of the molecule is O=C(O)c1cccc(Cc2n[nH]c(=O)c3ccccc23)n1. The predicted octanol–water partition coefficient (Wildman–Crippen LogP) is 1.61. The number of H-pyrrole nitrogens is 1. The van der Waals surface area contributed by atoms with Gasteiger partial charge in [0.1, 0.15) is 5.69 Å². The van der Waals surface area contributed by atoms with E-state index in [0.29, 0.717) is 23.2 Å². The summed E-state index contributed by atoms with van der Waals surface area (Å²) < 4.78 is 0. The molecule has 0 spiro atoms. The van der Waals surface area contributed by atoms with E-state index in [1.165, 1.54) is 6.07 Å². The molecule has 0 aliphatic carbocycles. The topological polar surface area (TPSA) is 95.9 Å². The summed E-state index contributed by atoms with van der Waals surface area (Å²) in [6.45, 7) is 0. The highest BCUT2D eigenvalue weighted by Gasteiger charge is 2.09. The van der Waals surface area contributed by atoms with Gasteiger partial charge >= 0.3 is 5.97 Å². The van der Waals surface area contributed by atoms with E-state index in [1.807, 2.05) is 12.1 Å². The van der Waals surface area contributed by atoms with Crippen LogP contribution in [0, 0.1) is 0 Å². The number of nitrogens with one attached hydrogen (secondary N) is 1. The van der Waals surface area contributed by atoms with Crippen LogP contribution >= 0.6 is 0 Å². The standard InChI is InChI=1S/C15H11N3O3/c19-14-11-6-2-1-5-10(11)13(17-18-14)8-9-4-3-7-12(16-9)15(20)21/h1-7H,8H2,(H,18,19)(H,20,21). The molecule has 104 valence electrons. The summed E-state index contributed by atoms with van der Waals surface area (Å²) in [6, 6.07) is 11.9. The van der Waals surface area contributed by atoms with Gasteiger partial charge in [-0.3, -0.25) is 4.79 Å². The number of benzene rings is 1. The van der Waals surface area contributed by atoms with Gasteiger partial charge in [-0.2, -0.15) is 5.10 Å². The van der Waals surface area contributed by atoms with Crippen LogP contribution in [-0.4, -0.2) is 26.3 Å². The Bertz CT molecular complexity index is 886. The van der Waals surface area contributed by atoms with Crippen molar-refractivity contribution < 1.29 is 9.90 Å². The maximum absolute atomic E-state index is 11.7. The average molecular weight is 281 g/mol. The van der Waals surface area contributed by atoms with Gasteiger partial charge in [0, 0.05) is 17.5 Å². The molecule has 0 atom stereocenters. The number of fused-ring (bicyclic) bond motifs is 1. The first-order valence-corrected chi connectivity index (χ1v) is 6.30. The van der Waals surface area contributed by atoms with Crippen molar-refractivity contribution in [2.24, 2.45) is 0 Å². The molecule has 0 saturated carbocycles. The lowest BCUT2D eigenvalue weighted by atomic mass is 10.1. The molecule has 2 N–H and O–H groups in total. The number of carboxylic acids is 1. The number of pyridine rings is 1. The Labute approximate surface area is 119 Å². The van der Waals surface area contributed by atoms with Gasteiger partial charge in [0.05, 0.1) is 11.1 Å². The second kappa shape index (κ2) is 5.16. The van der Waals surface area contributed by atoms with Crippen molar-refractivity contribution in [3.8, 4) is 0 Å². The van der Waals surface area contributed by atoms with Crippen molar-refractivity contribution in [2.75, 3.05) is 0 Å². The molecule has 0 fully saturated rings. The molecule has 0 bridgehead atoms. The summed E-state index contributed by atoms with van der Waals surface area (Å²) in [4.78, 5) is 26.7. The number of carbonyl (C=O) groups is 1. The summed E-state index contributed by atoms with van der Waals surface area (Å²) in [5.74, 6) is -1.07. The molecule has 0 aliphatic heterocycles. The van der Waals surface area contributed by atoms with Gasteiger partial charge in [0.15, 0.2) is 0 Å². The first-order chi connectivity index (χ1) is 10.1. The normalized spacial score (nSPS) is 10.7. The van der Waals surface area contributed by atoms with E-state index in [0.717, 1.165) is 5.39 Å². The summed E-state index contributed by atoms with van der Waals surface area (Å²) in [5, 5.41) is 16.8. The summed E-state index contributed by atoms with van der Waals surface area (Å²) in [5.41, 5.74) is 0.975. The maximum Gasteiger partial charge on any atom is 0.354 e. The van der Waals surface area contributed by atoms with Gasteiger partial charge in [0.2, 0.25) is 0 Å². The van der Waals surface area contributed by atoms with Gasteiger partial charge in [-0.15, -0.1) is 0 Å². The number of hydrogen-bond donors (Lipinski definition) is 2. The van der Waals surface area contributed by atoms with E-state index in [4.69, 9.17) is 5.11 Å². The molecule has 6 heteroatoms. The molecule has 2 aromatic heterocycles. The molecule has 0 radical (unpaired) electrons. The van der Waals surface area contributed by atoms with Crippen molar-refractivity contribution in [3.05, 3.63) is 69.9 Å². The van der Waals surface area contributed by atoms with Crippen molar-refractivity contribution in [1.29, 1.82) is 0 Å². The molecule has 3 aromatic rings. The number of hydrogen-bond acceptors (Lipinski definition) is 4. The van der Waals surface area contributed by atoms with Gasteiger partial charge in [0.25, 0.3) is 5.56 Å². The highest BCUT2D eigenvalue weighted by atomic mass is 16.4. The largest absolute Gasteiger partial charge is 0.477 e. The zero-order chi connectivity index (χ0) is 14.8. The lowest BCUT2D eigenvalue weighted by Crippen LogP contribution is -2.12. The number of rotatable bonds is 3. The minimum atomic E-state index is -1.07. The Balaban J connectivity index is 2.06. The van der Waals surface area contributed by atoms with Crippen LogP contribution in [-0.2, 0) is 6.42 Å². The molecule has 1 aromatic carbocycles.